The molecule has 0 heterocycles. The van der Waals surface area contributed by atoms with Crippen molar-refractivity contribution in [2.24, 2.45) is 22.2 Å². The number of aliphatic imine (C=N–C) groups is 1. The molecule has 10 N–H and O–H groups in total. The molecule has 0 bridgehead atoms. The fourth-order valence-electron chi connectivity index (χ4n) is 2.66. The van der Waals surface area contributed by atoms with E-state index in [0.29, 0.717) is 24.3 Å². The Hall–Kier alpha value is -1.84. The van der Waals surface area contributed by atoms with Gasteiger partial charge in [-0.3, -0.25) is 19.4 Å². The van der Waals surface area contributed by atoms with Gasteiger partial charge in [0.05, 0.1) is 6.04 Å². The topological polar surface area (TPSA) is 215 Å². The fourth-order valence-corrected chi connectivity index (χ4v) is 3.87. The van der Waals surface area contributed by atoms with Crippen LogP contribution in [-0.4, -0.2) is 95.2 Å². The Bertz CT molecular complexity index is 695. The van der Waals surface area contributed by atoms with E-state index in [1.807, 2.05) is 12.5 Å². The summed E-state index contributed by atoms with van der Waals surface area (Å²) in [5.74, 6) is -1.93. The number of carbonyl (C=O) groups is 4. The van der Waals surface area contributed by atoms with Gasteiger partial charge in [-0.1, -0.05) is 0 Å². The molecule has 34 heavy (non-hydrogen) atoms. The zero-order valence-electron chi connectivity index (χ0n) is 19.5. The smallest absolute Gasteiger partial charge is 0.327 e. The summed E-state index contributed by atoms with van der Waals surface area (Å²) in [5.41, 5.74) is 16.6. The number of aliphatic carboxylic acids is 1. The van der Waals surface area contributed by atoms with Crippen molar-refractivity contribution in [3.05, 3.63) is 0 Å². The predicted molar refractivity (Wildman–Crippen MR) is 141 cm³/mol. The van der Waals surface area contributed by atoms with E-state index in [0.717, 1.165) is 0 Å². The Morgan fingerprint density at radius 1 is 0.882 bits per heavy atom. The molecule has 196 valence electrons. The van der Waals surface area contributed by atoms with Crippen molar-refractivity contribution in [2.45, 2.75) is 49.9 Å². The maximum Gasteiger partial charge on any atom is 0.327 e. The van der Waals surface area contributed by atoms with E-state index < -0.39 is 47.9 Å². The van der Waals surface area contributed by atoms with Crippen LogP contribution < -0.4 is 33.2 Å². The monoisotopic (exact) mass is 539 g/mol. The van der Waals surface area contributed by atoms with E-state index in [9.17, 15) is 24.3 Å². The minimum absolute atomic E-state index is 0.0879. The summed E-state index contributed by atoms with van der Waals surface area (Å²) in [6.45, 7) is 0.249. The van der Waals surface area contributed by atoms with Gasteiger partial charge in [0.25, 0.3) is 0 Å². The summed E-state index contributed by atoms with van der Waals surface area (Å²) in [6.07, 6.45) is 5.03. The normalized spacial score (nSPS) is 14.2. The van der Waals surface area contributed by atoms with Gasteiger partial charge < -0.3 is 38.3 Å². The Morgan fingerprint density at radius 3 is 1.88 bits per heavy atom. The maximum atomic E-state index is 13.0. The van der Waals surface area contributed by atoms with Gasteiger partial charge in [-0.15, -0.1) is 0 Å². The van der Waals surface area contributed by atoms with Crippen LogP contribution in [0.2, 0.25) is 0 Å². The summed E-state index contributed by atoms with van der Waals surface area (Å²) in [7, 11) is 0. The third-order valence-corrected chi connectivity index (χ3v) is 6.24. The third-order valence-electron chi connectivity index (χ3n) is 4.59. The number of nitrogens with one attached hydrogen (secondary N) is 3. The number of carbonyl (C=O) groups excluding carboxylic acids is 3. The first-order valence-electron chi connectivity index (χ1n) is 10.6. The summed E-state index contributed by atoms with van der Waals surface area (Å²) < 4.78 is 0. The zero-order valence-corrected chi connectivity index (χ0v) is 22.0. The molecule has 0 aliphatic carbocycles. The minimum Gasteiger partial charge on any atom is -0.480 e. The lowest BCUT2D eigenvalue weighted by atomic mass is 10.1. The molecule has 4 atom stereocenters. The van der Waals surface area contributed by atoms with Crippen LogP contribution in [0.15, 0.2) is 4.99 Å². The van der Waals surface area contributed by atoms with Crippen LogP contribution in [0.25, 0.3) is 0 Å². The molecule has 15 heteroatoms. The van der Waals surface area contributed by atoms with Gasteiger partial charge in [0.1, 0.15) is 18.1 Å². The number of amides is 3. The number of rotatable bonds is 18. The summed E-state index contributed by atoms with van der Waals surface area (Å²) in [6, 6.07) is -3.97. The van der Waals surface area contributed by atoms with Gasteiger partial charge in [-0.2, -0.15) is 36.2 Å². The van der Waals surface area contributed by atoms with Gasteiger partial charge >= 0.3 is 5.97 Å². The Morgan fingerprint density at radius 2 is 1.38 bits per heavy atom. The number of hydrogen-bond donors (Lipinski definition) is 8. The lowest BCUT2D eigenvalue weighted by molar-refractivity contribution is -0.141. The van der Waals surface area contributed by atoms with Crippen molar-refractivity contribution in [3.8, 4) is 0 Å². The number of carboxylic acid groups (broad SMARTS) is 1. The molecule has 0 aliphatic rings. The highest BCUT2D eigenvalue weighted by Crippen LogP contribution is 2.06. The number of guanidine groups is 1. The molecule has 0 fully saturated rings. The highest BCUT2D eigenvalue weighted by Gasteiger charge is 2.29. The number of nitrogens with zero attached hydrogens (tertiary/aromatic N) is 1. The van der Waals surface area contributed by atoms with Crippen LogP contribution in [0.3, 0.4) is 0 Å². The van der Waals surface area contributed by atoms with E-state index in [2.05, 4.69) is 33.6 Å². The second-order valence-corrected chi connectivity index (χ2v) is 9.66. The SMILES string of the molecule is CSCCC(N)C(=O)NC(CCCN=C(N)N)C(=O)NC(CCSC)C(=O)NC(CS)C(=O)O. The van der Waals surface area contributed by atoms with Crippen LogP contribution >= 0.6 is 36.2 Å². The summed E-state index contributed by atoms with van der Waals surface area (Å²) in [4.78, 5) is 53.3. The van der Waals surface area contributed by atoms with Crippen molar-refractivity contribution in [1.29, 1.82) is 0 Å². The van der Waals surface area contributed by atoms with Gasteiger partial charge in [-0.05, 0) is 49.7 Å². The molecule has 12 nitrogen and oxygen atoms in total. The standard InChI is InChI=1S/C19H37N7O5S3/c1-33-8-5-11(20)15(27)24-12(4-3-7-23-19(21)22)16(28)25-13(6-9-34-2)17(29)26-14(10-32)18(30)31/h11-14,32H,3-10,20H2,1-2H3,(H,24,27)(H,25,28)(H,26,29)(H,30,31)(H4,21,22,23). The number of thiol groups is 1. The fraction of sp³-hybridized carbons (Fsp3) is 0.737. The van der Waals surface area contributed by atoms with Crippen molar-refractivity contribution in [3.63, 3.8) is 0 Å². The molecule has 0 aromatic rings. The second kappa shape index (κ2) is 18.5. The maximum absolute atomic E-state index is 13.0. The Balaban J connectivity index is 5.43. The van der Waals surface area contributed by atoms with Crippen molar-refractivity contribution in [1.82, 2.24) is 16.0 Å². The number of hydrogen-bond acceptors (Lipinski definition) is 9. The Labute approximate surface area is 214 Å². The Kier molecular flexibility index (Phi) is 17.5. The molecule has 4 unspecified atom stereocenters. The van der Waals surface area contributed by atoms with Crippen LogP contribution in [-0.2, 0) is 19.2 Å². The average molecular weight is 540 g/mol. The number of thioether (sulfide) groups is 2. The molecular weight excluding hydrogens is 502 g/mol. The van der Waals surface area contributed by atoms with Crippen LogP contribution in [0.1, 0.15) is 25.7 Å². The van der Waals surface area contributed by atoms with E-state index in [4.69, 9.17) is 17.2 Å². The van der Waals surface area contributed by atoms with Gasteiger partial charge in [0.2, 0.25) is 17.7 Å². The number of carboxylic acids is 1. The third kappa shape index (κ3) is 13.8. The zero-order chi connectivity index (χ0) is 26.1. The van der Waals surface area contributed by atoms with Crippen molar-refractivity contribution >= 4 is 65.8 Å². The van der Waals surface area contributed by atoms with Crippen LogP contribution in [0, 0.1) is 0 Å². The number of nitrogens with two attached hydrogens (primary N) is 3. The average Bonchev–Trinajstić information content (AvgIpc) is 2.79. The molecule has 0 aromatic carbocycles. The summed E-state index contributed by atoms with van der Waals surface area (Å²) >= 11 is 6.95. The van der Waals surface area contributed by atoms with Crippen molar-refractivity contribution < 1.29 is 24.3 Å². The minimum atomic E-state index is -1.23. The lowest BCUT2D eigenvalue weighted by Gasteiger charge is -2.25. The largest absolute Gasteiger partial charge is 0.480 e. The van der Waals surface area contributed by atoms with Gasteiger partial charge in [0.15, 0.2) is 5.96 Å². The van der Waals surface area contributed by atoms with E-state index in [1.54, 1.807) is 11.8 Å². The van der Waals surface area contributed by atoms with Crippen molar-refractivity contribution in [2.75, 3.05) is 36.3 Å². The second-order valence-electron chi connectivity index (χ2n) is 7.32. The van der Waals surface area contributed by atoms with Gasteiger partial charge in [-0.25, -0.2) is 4.79 Å². The van der Waals surface area contributed by atoms with Gasteiger partial charge in [0, 0.05) is 12.3 Å². The van der Waals surface area contributed by atoms with E-state index in [1.165, 1.54) is 11.8 Å². The molecule has 0 saturated carbocycles. The first kappa shape index (κ1) is 32.2. The molecule has 0 rings (SSSR count). The van der Waals surface area contributed by atoms with Crippen LogP contribution in [0.4, 0.5) is 0 Å². The molecule has 0 aliphatic heterocycles. The predicted octanol–water partition coefficient (Wildman–Crippen LogP) is -1.66. The lowest BCUT2D eigenvalue weighted by Crippen LogP contribution is -2.57. The molecule has 3 amide bonds. The van der Waals surface area contributed by atoms with E-state index >= 15 is 0 Å². The first-order valence-corrected chi connectivity index (χ1v) is 14.0. The highest BCUT2D eigenvalue weighted by atomic mass is 32.2. The summed E-state index contributed by atoms with van der Waals surface area (Å²) in [5, 5.41) is 16.8. The molecule has 0 aromatic heterocycles. The highest BCUT2D eigenvalue weighted by molar-refractivity contribution is 7.98. The van der Waals surface area contributed by atoms with E-state index in [-0.39, 0.29) is 31.1 Å². The van der Waals surface area contributed by atoms with Crippen LogP contribution in [0.5, 0.6) is 0 Å². The molecule has 0 spiro atoms. The molecule has 0 radical (unpaired) electrons. The first-order chi connectivity index (χ1) is 16.1. The molecular formula is C19H37N7O5S3. The molecule has 0 saturated heterocycles. The quantitative estimate of drug-likeness (QED) is 0.0429.